The first-order chi connectivity index (χ1) is 13.4. The van der Waals surface area contributed by atoms with Gasteiger partial charge in [0.15, 0.2) is 5.58 Å². The summed E-state index contributed by atoms with van der Waals surface area (Å²) in [5.74, 6) is 0.410. The van der Waals surface area contributed by atoms with Gasteiger partial charge in [-0.2, -0.15) is 0 Å². The lowest BCUT2D eigenvalue weighted by Crippen LogP contribution is -2.61. The lowest BCUT2D eigenvalue weighted by Gasteiger charge is -2.48. The molecule has 0 saturated carbocycles. The number of amides is 2. The molecule has 2 amide bonds. The molecule has 152 valence electrons. The van der Waals surface area contributed by atoms with Crippen molar-refractivity contribution in [3.8, 4) is 0 Å². The number of piperidine rings is 1. The van der Waals surface area contributed by atoms with Gasteiger partial charge in [0.2, 0.25) is 0 Å². The summed E-state index contributed by atoms with van der Waals surface area (Å²) in [6, 6.07) is 4.67. The highest BCUT2D eigenvalue weighted by molar-refractivity contribution is 5.80. The number of aromatic nitrogens is 1. The summed E-state index contributed by atoms with van der Waals surface area (Å²) in [5, 5.41) is 8.22. The predicted octanol–water partition coefficient (Wildman–Crippen LogP) is 3.93. The van der Waals surface area contributed by atoms with Crippen molar-refractivity contribution in [1.29, 1.82) is 0 Å². The number of nitrogens with zero attached hydrogens (tertiary/aromatic N) is 3. The van der Waals surface area contributed by atoms with Gasteiger partial charge in [0.25, 0.3) is 0 Å². The molecule has 4 rings (SSSR count). The normalized spacial score (nSPS) is 24.5. The molecule has 7 heteroatoms. The Labute approximate surface area is 165 Å². The monoisotopic (exact) mass is 388 g/mol. The Hall–Kier alpha value is -2.15. The summed E-state index contributed by atoms with van der Waals surface area (Å²) in [7, 11) is 0. The van der Waals surface area contributed by atoms with Crippen molar-refractivity contribution in [3.63, 3.8) is 0 Å². The molecule has 0 aliphatic carbocycles. The van der Waals surface area contributed by atoms with Crippen LogP contribution < -0.4 is 5.32 Å². The maximum atomic E-state index is 13.4. The minimum Gasteiger partial charge on any atom is -0.356 e. The maximum absolute atomic E-state index is 13.4. The first kappa shape index (κ1) is 19.2. The van der Waals surface area contributed by atoms with Gasteiger partial charge < -0.3 is 14.7 Å². The Morgan fingerprint density at radius 2 is 2.11 bits per heavy atom. The number of benzene rings is 1. The van der Waals surface area contributed by atoms with Gasteiger partial charge in [0.1, 0.15) is 11.5 Å². The van der Waals surface area contributed by atoms with Crippen LogP contribution in [0.1, 0.15) is 51.6 Å². The molecule has 1 atom stereocenters. The Kier molecular flexibility index (Phi) is 5.04. The highest BCUT2D eigenvalue weighted by atomic mass is 19.1. The Morgan fingerprint density at radius 3 is 2.79 bits per heavy atom. The van der Waals surface area contributed by atoms with Crippen molar-refractivity contribution in [3.05, 3.63) is 29.7 Å². The highest BCUT2D eigenvalue weighted by Gasteiger charge is 2.49. The van der Waals surface area contributed by atoms with Gasteiger partial charge in [-0.1, -0.05) is 25.9 Å². The van der Waals surface area contributed by atoms with E-state index in [0.29, 0.717) is 24.0 Å². The van der Waals surface area contributed by atoms with Crippen molar-refractivity contribution in [2.45, 2.75) is 51.6 Å². The van der Waals surface area contributed by atoms with Gasteiger partial charge in [-0.15, -0.1) is 0 Å². The molecule has 2 aromatic rings. The van der Waals surface area contributed by atoms with E-state index in [0.717, 1.165) is 50.0 Å². The molecule has 2 saturated heterocycles. The molecule has 28 heavy (non-hydrogen) atoms. The number of fused-ring (bicyclic) bond motifs is 1. The molecule has 1 aromatic carbocycles. The zero-order valence-electron chi connectivity index (χ0n) is 16.9. The van der Waals surface area contributed by atoms with Crippen molar-refractivity contribution < 1.29 is 13.7 Å². The molecule has 1 unspecified atom stereocenters. The van der Waals surface area contributed by atoms with Crippen LogP contribution in [0.3, 0.4) is 0 Å². The highest BCUT2D eigenvalue weighted by Crippen LogP contribution is 2.37. The smallest absolute Gasteiger partial charge is 0.319 e. The maximum Gasteiger partial charge on any atom is 0.319 e. The average Bonchev–Trinajstić information content (AvgIpc) is 3.23. The number of urea groups is 1. The van der Waals surface area contributed by atoms with E-state index in [-0.39, 0.29) is 17.5 Å². The van der Waals surface area contributed by atoms with Gasteiger partial charge in [-0.25, -0.2) is 9.18 Å². The lowest BCUT2D eigenvalue weighted by molar-refractivity contribution is -0.0281. The van der Waals surface area contributed by atoms with Crippen LogP contribution in [0.4, 0.5) is 9.18 Å². The first-order valence-corrected chi connectivity index (χ1v) is 10.3. The molecule has 2 aliphatic rings. The fourth-order valence-corrected chi connectivity index (χ4v) is 4.83. The number of rotatable bonds is 5. The standard InChI is InChI=1S/C21H29FN4O2/c1-4-21(13-23-20(27)26(21)12-14(2)3)25-9-7-15(8-10-25)19-17-6-5-16(22)11-18(17)28-24-19/h5-6,11,14-15H,4,7-10,12-13H2,1-3H3,(H,23,27). The quantitative estimate of drug-likeness (QED) is 0.843. The third-order valence-corrected chi connectivity index (χ3v) is 6.32. The Balaban J connectivity index is 1.51. The largest absolute Gasteiger partial charge is 0.356 e. The molecule has 0 radical (unpaired) electrons. The summed E-state index contributed by atoms with van der Waals surface area (Å²) in [6.07, 6.45) is 2.80. The SMILES string of the molecule is CCC1(N2CCC(c3noc4cc(F)ccc34)CC2)CNC(=O)N1CC(C)C. The van der Waals surface area contributed by atoms with E-state index in [9.17, 15) is 9.18 Å². The topological polar surface area (TPSA) is 61.6 Å². The van der Waals surface area contributed by atoms with Gasteiger partial charge in [0.05, 0.1) is 12.2 Å². The molecule has 1 N–H and O–H groups in total. The van der Waals surface area contributed by atoms with E-state index in [2.05, 4.69) is 36.1 Å². The zero-order valence-corrected chi connectivity index (χ0v) is 16.9. The van der Waals surface area contributed by atoms with Crippen molar-refractivity contribution in [1.82, 2.24) is 20.3 Å². The molecule has 2 fully saturated rings. The minimum atomic E-state index is -0.307. The summed E-state index contributed by atoms with van der Waals surface area (Å²) in [4.78, 5) is 17.0. The van der Waals surface area contributed by atoms with E-state index >= 15 is 0 Å². The van der Waals surface area contributed by atoms with E-state index in [1.165, 1.54) is 12.1 Å². The second-order valence-electron chi connectivity index (χ2n) is 8.47. The number of hydrogen-bond donors (Lipinski definition) is 1. The van der Waals surface area contributed by atoms with Crippen LogP contribution in [-0.2, 0) is 0 Å². The summed E-state index contributed by atoms with van der Waals surface area (Å²) < 4.78 is 18.8. The Bertz CT molecular complexity index is 859. The molecule has 3 heterocycles. The van der Waals surface area contributed by atoms with Gasteiger partial charge >= 0.3 is 6.03 Å². The zero-order chi connectivity index (χ0) is 19.9. The average molecular weight is 388 g/mol. The fraction of sp³-hybridized carbons (Fsp3) is 0.619. The second kappa shape index (κ2) is 7.35. The molecule has 2 aliphatic heterocycles. The third kappa shape index (κ3) is 3.15. The van der Waals surface area contributed by atoms with Gasteiger partial charge in [-0.3, -0.25) is 4.90 Å². The lowest BCUT2D eigenvalue weighted by atomic mass is 9.89. The molecule has 1 aromatic heterocycles. The number of likely N-dealkylation sites (tertiary alicyclic amines) is 1. The first-order valence-electron chi connectivity index (χ1n) is 10.3. The van der Waals surface area contributed by atoms with Crippen LogP contribution >= 0.6 is 0 Å². The minimum absolute atomic E-state index is 0.0437. The molecule has 6 nitrogen and oxygen atoms in total. The number of carbonyl (C=O) groups is 1. The fourth-order valence-electron chi connectivity index (χ4n) is 4.83. The van der Waals surface area contributed by atoms with Crippen molar-refractivity contribution in [2.75, 3.05) is 26.2 Å². The molecule has 0 spiro atoms. The summed E-state index contributed by atoms with van der Waals surface area (Å²) >= 11 is 0. The Morgan fingerprint density at radius 1 is 1.36 bits per heavy atom. The van der Waals surface area contributed by atoms with Crippen LogP contribution in [0.5, 0.6) is 0 Å². The second-order valence-corrected chi connectivity index (χ2v) is 8.47. The number of nitrogens with one attached hydrogen (secondary N) is 1. The summed E-state index contributed by atoms with van der Waals surface area (Å²) in [6.45, 7) is 9.70. The van der Waals surface area contributed by atoms with E-state index in [4.69, 9.17) is 4.52 Å². The van der Waals surface area contributed by atoms with Crippen molar-refractivity contribution >= 4 is 17.0 Å². The van der Waals surface area contributed by atoms with Crippen LogP contribution in [0, 0.1) is 11.7 Å². The molecule has 0 bridgehead atoms. The van der Waals surface area contributed by atoms with E-state index in [1.54, 1.807) is 6.07 Å². The third-order valence-electron chi connectivity index (χ3n) is 6.32. The number of halogens is 1. The number of hydrogen-bond acceptors (Lipinski definition) is 4. The van der Waals surface area contributed by atoms with Crippen LogP contribution in [0.2, 0.25) is 0 Å². The summed E-state index contributed by atoms with van der Waals surface area (Å²) in [5.41, 5.74) is 1.19. The van der Waals surface area contributed by atoms with Crippen LogP contribution in [0.25, 0.3) is 11.0 Å². The van der Waals surface area contributed by atoms with Gasteiger partial charge in [0, 0.05) is 37.0 Å². The van der Waals surface area contributed by atoms with Crippen LogP contribution in [-0.4, -0.2) is 52.8 Å². The predicted molar refractivity (Wildman–Crippen MR) is 105 cm³/mol. The van der Waals surface area contributed by atoms with E-state index < -0.39 is 0 Å². The van der Waals surface area contributed by atoms with Gasteiger partial charge in [-0.05, 0) is 37.3 Å². The van der Waals surface area contributed by atoms with Crippen LogP contribution in [0.15, 0.2) is 22.7 Å². The molecular weight excluding hydrogens is 359 g/mol. The van der Waals surface area contributed by atoms with Crippen molar-refractivity contribution in [2.24, 2.45) is 5.92 Å². The number of carbonyl (C=O) groups excluding carboxylic acids is 1. The molecular formula is C21H29FN4O2. The van der Waals surface area contributed by atoms with E-state index in [1.807, 2.05) is 4.90 Å².